The van der Waals surface area contributed by atoms with E-state index in [1.165, 1.54) is 6.08 Å². The zero-order valence-corrected chi connectivity index (χ0v) is 15.6. The minimum absolute atomic E-state index is 0.185. The van der Waals surface area contributed by atoms with Gasteiger partial charge in [-0.25, -0.2) is 0 Å². The van der Waals surface area contributed by atoms with Crippen molar-refractivity contribution in [1.29, 1.82) is 0 Å². The Hall–Kier alpha value is -3.21. The summed E-state index contributed by atoms with van der Waals surface area (Å²) >= 11 is 0. The van der Waals surface area contributed by atoms with Crippen LogP contribution in [-0.2, 0) is 17.6 Å². The van der Waals surface area contributed by atoms with Crippen molar-refractivity contribution in [3.8, 4) is 11.5 Å². The first-order valence-electron chi connectivity index (χ1n) is 8.76. The predicted octanol–water partition coefficient (Wildman–Crippen LogP) is 3.89. The molecule has 1 amide bonds. The summed E-state index contributed by atoms with van der Waals surface area (Å²) in [5.41, 5.74) is 2.96. The average molecular weight is 365 g/mol. The first kappa shape index (κ1) is 18.6. The fourth-order valence-electron chi connectivity index (χ4n) is 3.07. The Bertz CT molecular complexity index is 958. The Kier molecular flexibility index (Phi) is 5.81. The molecule has 0 aliphatic carbocycles. The van der Waals surface area contributed by atoms with Gasteiger partial charge in [-0.1, -0.05) is 18.7 Å². The number of rotatable bonds is 8. The van der Waals surface area contributed by atoms with Crippen molar-refractivity contribution < 1.29 is 18.7 Å². The molecule has 0 atom stereocenters. The summed E-state index contributed by atoms with van der Waals surface area (Å²) in [6.45, 7) is 3.98. The number of furan rings is 1. The number of methoxy groups -OCH3 is 2. The van der Waals surface area contributed by atoms with Crippen molar-refractivity contribution in [3.63, 3.8) is 0 Å². The number of nitrogens with one attached hydrogen (secondary N) is 1. The molecule has 5 nitrogen and oxygen atoms in total. The quantitative estimate of drug-likeness (QED) is 0.615. The van der Waals surface area contributed by atoms with Crippen molar-refractivity contribution in [2.75, 3.05) is 20.8 Å². The maximum absolute atomic E-state index is 11.5. The predicted molar refractivity (Wildman–Crippen MR) is 105 cm³/mol. The normalized spacial score (nSPS) is 10.6. The van der Waals surface area contributed by atoms with E-state index in [9.17, 15) is 4.79 Å². The minimum Gasteiger partial charge on any atom is -0.497 e. The summed E-state index contributed by atoms with van der Waals surface area (Å²) in [7, 11) is 3.29. The molecule has 0 aliphatic heterocycles. The third-order valence-electron chi connectivity index (χ3n) is 4.44. The second kappa shape index (κ2) is 8.45. The summed E-state index contributed by atoms with van der Waals surface area (Å²) in [5, 5.41) is 3.82. The third kappa shape index (κ3) is 4.31. The van der Waals surface area contributed by atoms with Gasteiger partial charge in [0.2, 0.25) is 5.91 Å². The topological polar surface area (TPSA) is 60.7 Å². The van der Waals surface area contributed by atoms with Gasteiger partial charge in [0, 0.05) is 23.9 Å². The van der Waals surface area contributed by atoms with Crippen LogP contribution in [0.15, 0.2) is 59.5 Å². The second-order valence-electron chi connectivity index (χ2n) is 6.14. The molecule has 0 bridgehead atoms. The minimum atomic E-state index is -0.185. The van der Waals surface area contributed by atoms with Crippen LogP contribution < -0.4 is 14.8 Å². The number of hydrogen-bond acceptors (Lipinski definition) is 4. The van der Waals surface area contributed by atoms with Crippen LogP contribution in [0.1, 0.15) is 16.9 Å². The van der Waals surface area contributed by atoms with Gasteiger partial charge in [-0.3, -0.25) is 4.79 Å². The summed E-state index contributed by atoms with van der Waals surface area (Å²) in [5.74, 6) is 2.27. The number of fused-ring (bicyclic) bond motifs is 1. The lowest BCUT2D eigenvalue weighted by molar-refractivity contribution is -0.116. The van der Waals surface area contributed by atoms with E-state index in [0.29, 0.717) is 19.4 Å². The highest BCUT2D eigenvalue weighted by molar-refractivity contribution is 5.87. The first-order chi connectivity index (χ1) is 13.1. The fraction of sp³-hybridized carbons (Fsp3) is 0.227. The summed E-state index contributed by atoms with van der Waals surface area (Å²) in [6, 6.07) is 13.7. The lowest BCUT2D eigenvalue weighted by Crippen LogP contribution is -2.23. The van der Waals surface area contributed by atoms with E-state index in [4.69, 9.17) is 13.9 Å². The van der Waals surface area contributed by atoms with Crippen LogP contribution in [0.5, 0.6) is 11.5 Å². The van der Waals surface area contributed by atoms with Gasteiger partial charge < -0.3 is 19.2 Å². The molecular weight excluding hydrogens is 342 g/mol. The van der Waals surface area contributed by atoms with Gasteiger partial charge in [0.1, 0.15) is 22.8 Å². The second-order valence-corrected chi connectivity index (χ2v) is 6.14. The number of benzene rings is 2. The molecule has 0 aliphatic rings. The van der Waals surface area contributed by atoms with E-state index >= 15 is 0 Å². The maximum atomic E-state index is 11.5. The molecule has 3 rings (SSSR count). The van der Waals surface area contributed by atoms with Gasteiger partial charge in [-0.05, 0) is 48.4 Å². The number of carbonyl (C=O) groups is 1. The molecule has 0 spiro atoms. The molecule has 0 saturated heterocycles. The molecule has 2 aromatic carbocycles. The van der Waals surface area contributed by atoms with E-state index in [-0.39, 0.29) is 5.91 Å². The molecular formula is C22H23NO4. The molecule has 140 valence electrons. The molecule has 1 aromatic heterocycles. The largest absolute Gasteiger partial charge is 0.497 e. The monoisotopic (exact) mass is 365 g/mol. The molecule has 1 heterocycles. The van der Waals surface area contributed by atoms with Crippen LogP contribution in [0.25, 0.3) is 11.0 Å². The average Bonchev–Trinajstić information content (AvgIpc) is 3.04. The highest BCUT2D eigenvalue weighted by Gasteiger charge is 2.16. The Labute approximate surface area is 158 Å². The van der Waals surface area contributed by atoms with Gasteiger partial charge in [-0.15, -0.1) is 0 Å². The van der Waals surface area contributed by atoms with Crippen LogP contribution in [0.3, 0.4) is 0 Å². The lowest BCUT2D eigenvalue weighted by atomic mass is 10.0. The Morgan fingerprint density at radius 2 is 1.93 bits per heavy atom. The molecule has 0 unspecified atom stereocenters. The van der Waals surface area contributed by atoms with Crippen LogP contribution in [0.4, 0.5) is 0 Å². The lowest BCUT2D eigenvalue weighted by Gasteiger charge is -2.07. The molecule has 3 aromatic rings. The standard InChI is InChI=1S/C22H23NO4/c1-4-22(24)23-11-10-18-19-14-17(26-3)8-9-20(19)27-21(18)13-15-6-5-7-16(12-15)25-2/h4-9,12,14H,1,10-11,13H2,2-3H3,(H,23,24). The summed E-state index contributed by atoms with van der Waals surface area (Å²) in [4.78, 5) is 11.5. The van der Waals surface area contributed by atoms with E-state index < -0.39 is 0 Å². The first-order valence-corrected chi connectivity index (χ1v) is 8.76. The van der Waals surface area contributed by atoms with Gasteiger partial charge in [-0.2, -0.15) is 0 Å². The number of ether oxygens (including phenoxy) is 2. The van der Waals surface area contributed by atoms with Crippen LogP contribution in [-0.4, -0.2) is 26.7 Å². The van der Waals surface area contributed by atoms with E-state index in [1.54, 1.807) is 14.2 Å². The molecule has 27 heavy (non-hydrogen) atoms. The van der Waals surface area contributed by atoms with Gasteiger partial charge in [0.05, 0.1) is 14.2 Å². The van der Waals surface area contributed by atoms with Gasteiger partial charge in [0.15, 0.2) is 0 Å². The number of amides is 1. The van der Waals surface area contributed by atoms with Crippen molar-refractivity contribution in [1.82, 2.24) is 5.32 Å². The maximum Gasteiger partial charge on any atom is 0.243 e. The number of carbonyl (C=O) groups excluding carboxylic acids is 1. The van der Waals surface area contributed by atoms with Crippen LogP contribution >= 0.6 is 0 Å². The van der Waals surface area contributed by atoms with Crippen molar-refractivity contribution in [2.45, 2.75) is 12.8 Å². The van der Waals surface area contributed by atoms with Crippen molar-refractivity contribution >= 4 is 16.9 Å². The highest BCUT2D eigenvalue weighted by atomic mass is 16.5. The van der Waals surface area contributed by atoms with E-state index in [2.05, 4.69) is 11.9 Å². The van der Waals surface area contributed by atoms with Gasteiger partial charge >= 0.3 is 0 Å². The summed E-state index contributed by atoms with van der Waals surface area (Å²) < 4.78 is 16.8. The SMILES string of the molecule is C=CC(=O)NCCc1c(Cc2cccc(OC)c2)oc2ccc(OC)cc12. The van der Waals surface area contributed by atoms with Crippen LogP contribution in [0.2, 0.25) is 0 Å². The zero-order valence-electron chi connectivity index (χ0n) is 15.6. The Morgan fingerprint density at radius 1 is 1.15 bits per heavy atom. The molecule has 1 N–H and O–H groups in total. The smallest absolute Gasteiger partial charge is 0.243 e. The molecule has 0 radical (unpaired) electrons. The molecule has 0 fully saturated rings. The highest BCUT2D eigenvalue weighted by Crippen LogP contribution is 2.31. The zero-order chi connectivity index (χ0) is 19.2. The number of hydrogen-bond donors (Lipinski definition) is 1. The van der Waals surface area contributed by atoms with E-state index in [1.807, 2.05) is 42.5 Å². The summed E-state index contributed by atoms with van der Waals surface area (Å²) in [6.07, 6.45) is 2.56. The Morgan fingerprint density at radius 3 is 2.67 bits per heavy atom. The molecule has 5 heteroatoms. The fourth-order valence-corrected chi connectivity index (χ4v) is 3.07. The van der Waals surface area contributed by atoms with Gasteiger partial charge in [0.25, 0.3) is 0 Å². The van der Waals surface area contributed by atoms with E-state index in [0.717, 1.165) is 39.4 Å². The van der Waals surface area contributed by atoms with Crippen molar-refractivity contribution in [3.05, 3.63) is 72.0 Å². The molecule has 0 saturated carbocycles. The Balaban J connectivity index is 1.95. The van der Waals surface area contributed by atoms with Crippen molar-refractivity contribution in [2.24, 2.45) is 0 Å². The van der Waals surface area contributed by atoms with Crippen LogP contribution in [0, 0.1) is 0 Å². The third-order valence-corrected chi connectivity index (χ3v) is 4.44.